The summed E-state index contributed by atoms with van der Waals surface area (Å²) in [4.78, 5) is 4.41. The van der Waals surface area contributed by atoms with Crippen LogP contribution in [0.25, 0.3) is 0 Å². The summed E-state index contributed by atoms with van der Waals surface area (Å²) in [6.07, 6.45) is 1.67. The number of hydrogen-bond acceptors (Lipinski definition) is 5. The first kappa shape index (κ1) is 11.1. The Morgan fingerprint density at radius 3 is 2.75 bits per heavy atom. The molecule has 5 heteroatoms. The van der Waals surface area contributed by atoms with Crippen LogP contribution >= 0.6 is 11.5 Å². The van der Waals surface area contributed by atoms with Gasteiger partial charge < -0.3 is 9.73 Å². The van der Waals surface area contributed by atoms with Gasteiger partial charge in [-0.2, -0.15) is 4.37 Å². The highest BCUT2D eigenvalue weighted by Crippen LogP contribution is 2.22. The summed E-state index contributed by atoms with van der Waals surface area (Å²) in [5.74, 6) is 2.16. The van der Waals surface area contributed by atoms with Crippen molar-refractivity contribution in [2.45, 2.75) is 32.7 Å². The van der Waals surface area contributed by atoms with Gasteiger partial charge in [0.25, 0.3) is 0 Å². The molecule has 2 rings (SSSR count). The van der Waals surface area contributed by atoms with Crippen LogP contribution in [0.5, 0.6) is 0 Å². The van der Waals surface area contributed by atoms with Crippen molar-refractivity contribution >= 4 is 16.7 Å². The molecule has 0 aromatic carbocycles. The summed E-state index contributed by atoms with van der Waals surface area (Å²) in [6.45, 7) is 6.21. The number of nitrogens with one attached hydrogen (secondary N) is 1. The quantitative estimate of drug-likeness (QED) is 0.885. The fourth-order valence-electron chi connectivity index (χ4n) is 1.32. The third kappa shape index (κ3) is 2.41. The molecular formula is C11H15N3OS. The third-order valence-corrected chi connectivity index (χ3v) is 2.93. The second-order valence-electron chi connectivity index (χ2n) is 3.99. The summed E-state index contributed by atoms with van der Waals surface area (Å²) in [6, 6.07) is 3.94. The average molecular weight is 237 g/mol. The van der Waals surface area contributed by atoms with Gasteiger partial charge >= 0.3 is 0 Å². The first-order chi connectivity index (χ1) is 7.66. The van der Waals surface area contributed by atoms with E-state index >= 15 is 0 Å². The molecule has 0 amide bonds. The Balaban J connectivity index is 2.03. The van der Waals surface area contributed by atoms with E-state index in [-0.39, 0.29) is 6.04 Å². The molecule has 1 atom stereocenters. The molecule has 16 heavy (non-hydrogen) atoms. The van der Waals surface area contributed by atoms with Gasteiger partial charge in [-0.3, -0.25) is 0 Å². The molecule has 0 saturated heterocycles. The Labute approximate surface area is 98.9 Å². The monoisotopic (exact) mass is 237 g/mol. The van der Waals surface area contributed by atoms with Gasteiger partial charge in [-0.15, -0.1) is 0 Å². The van der Waals surface area contributed by atoms with Crippen LogP contribution in [0.4, 0.5) is 5.13 Å². The van der Waals surface area contributed by atoms with E-state index in [0.29, 0.717) is 5.92 Å². The van der Waals surface area contributed by atoms with Crippen molar-refractivity contribution in [1.82, 2.24) is 9.36 Å². The van der Waals surface area contributed by atoms with Crippen molar-refractivity contribution in [2.75, 3.05) is 5.32 Å². The summed E-state index contributed by atoms with van der Waals surface area (Å²) >= 11 is 1.39. The predicted molar refractivity (Wildman–Crippen MR) is 64.7 cm³/mol. The average Bonchev–Trinajstić information content (AvgIpc) is 2.87. The first-order valence-corrected chi connectivity index (χ1v) is 6.07. The maximum atomic E-state index is 5.32. The molecule has 0 bridgehead atoms. The van der Waals surface area contributed by atoms with Crippen LogP contribution in [0.1, 0.15) is 44.3 Å². The van der Waals surface area contributed by atoms with Crippen molar-refractivity contribution in [3.05, 3.63) is 30.0 Å². The van der Waals surface area contributed by atoms with Crippen LogP contribution in [-0.4, -0.2) is 9.36 Å². The summed E-state index contributed by atoms with van der Waals surface area (Å²) in [5.41, 5.74) is 0. The SMILES string of the molecule is CC(C)c1nsc(NC(C)c2ccco2)n1. The van der Waals surface area contributed by atoms with Gasteiger partial charge in [0.05, 0.1) is 12.3 Å². The van der Waals surface area contributed by atoms with Gasteiger partial charge in [0.2, 0.25) is 5.13 Å². The van der Waals surface area contributed by atoms with Gasteiger partial charge in [0.15, 0.2) is 0 Å². The Bertz CT molecular complexity index is 436. The lowest BCUT2D eigenvalue weighted by molar-refractivity contribution is 0.490. The second kappa shape index (κ2) is 4.65. The standard InChI is InChI=1S/C11H15N3OS/c1-7(2)10-13-11(16-14-10)12-8(3)9-5-4-6-15-9/h4-8H,1-3H3,(H,12,13,14). The molecule has 2 aromatic heterocycles. The molecule has 0 saturated carbocycles. The van der Waals surface area contributed by atoms with Gasteiger partial charge in [-0.25, -0.2) is 4.98 Å². The zero-order valence-corrected chi connectivity index (χ0v) is 10.4. The maximum Gasteiger partial charge on any atom is 0.203 e. The van der Waals surface area contributed by atoms with Crippen molar-refractivity contribution < 1.29 is 4.42 Å². The van der Waals surface area contributed by atoms with E-state index in [4.69, 9.17) is 4.42 Å². The first-order valence-electron chi connectivity index (χ1n) is 5.30. The van der Waals surface area contributed by atoms with Gasteiger partial charge in [-0.1, -0.05) is 13.8 Å². The Hall–Kier alpha value is -1.36. The van der Waals surface area contributed by atoms with E-state index in [1.807, 2.05) is 19.1 Å². The lowest BCUT2D eigenvalue weighted by Gasteiger charge is -2.08. The minimum Gasteiger partial charge on any atom is -0.467 e. The van der Waals surface area contributed by atoms with E-state index in [1.54, 1.807) is 6.26 Å². The highest BCUT2D eigenvalue weighted by Gasteiger charge is 2.12. The highest BCUT2D eigenvalue weighted by molar-refractivity contribution is 7.09. The third-order valence-electron chi connectivity index (χ3n) is 2.27. The lowest BCUT2D eigenvalue weighted by Crippen LogP contribution is -2.05. The number of furan rings is 1. The van der Waals surface area contributed by atoms with Gasteiger partial charge in [-0.05, 0) is 19.1 Å². The molecule has 0 aliphatic rings. The van der Waals surface area contributed by atoms with E-state index in [9.17, 15) is 0 Å². The van der Waals surface area contributed by atoms with Crippen molar-refractivity contribution in [1.29, 1.82) is 0 Å². The zero-order valence-electron chi connectivity index (χ0n) is 9.60. The Morgan fingerprint density at radius 2 is 2.19 bits per heavy atom. The smallest absolute Gasteiger partial charge is 0.203 e. The van der Waals surface area contributed by atoms with Crippen molar-refractivity contribution in [3.8, 4) is 0 Å². The Morgan fingerprint density at radius 1 is 1.38 bits per heavy atom. The number of nitrogens with zero attached hydrogens (tertiary/aromatic N) is 2. The molecule has 0 aliphatic heterocycles. The highest BCUT2D eigenvalue weighted by atomic mass is 32.1. The van der Waals surface area contributed by atoms with Crippen molar-refractivity contribution in [2.24, 2.45) is 0 Å². The largest absolute Gasteiger partial charge is 0.467 e. The van der Waals surface area contributed by atoms with Gasteiger partial charge in [0.1, 0.15) is 11.6 Å². The molecule has 86 valence electrons. The molecule has 1 unspecified atom stereocenters. The number of rotatable bonds is 4. The van der Waals surface area contributed by atoms with Crippen LogP contribution in [0.2, 0.25) is 0 Å². The van der Waals surface area contributed by atoms with Crippen LogP contribution in [-0.2, 0) is 0 Å². The van der Waals surface area contributed by atoms with E-state index in [1.165, 1.54) is 11.5 Å². The molecule has 2 aromatic rings. The minimum atomic E-state index is 0.114. The molecule has 2 heterocycles. The van der Waals surface area contributed by atoms with Crippen LogP contribution in [0.3, 0.4) is 0 Å². The molecular weight excluding hydrogens is 222 g/mol. The molecule has 0 fully saturated rings. The molecule has 1 N–H and O–H groups in total. The van der Waals surface area contributed by atoms with Crippen LogP contribution in [0.15, 0.2) is 22.8 Å². The van der Waals surface area contributed by atoms with E-state index in [0.717, 1.165) is 16.7 Å². The summed E-state index contributed by atoms with van der Waals surface area (Å²) < 4.78 is 9.60. The van der Waals surface area contributed by atoms with Crippen LogP contribution in [0, 0.1) is 0 Å². The normalized spacial score (nSPS) is 13.0. The number of hydrogen-bond donors (Lipinski definition) is 1. The topological polar surface area (TPSA) is 51.0 Å². The number of anilines is 1. The molecule has 0 aliphatic carbocycles. The summed E-state index contributed by atoms with van der Waals surface area (Å²) in [7, 11) is 0. The zero-order chi connectivity index (χ0) is 11.5. The van der Waals surface area contributed by atoms with Crippen molar-refractivity contribution in [3.63, 3.8) is 0 Å². The predicted octanol–water partition coefficient (Wildman–Crippen LogP) is 3.43. The summed E-state index contributed by atoms with van der Waals surface area (Å²) in [5, 5.41) is 4.11. The maximum absolute atomic E-state index is 5.32. The lowest BCUT2D eigenvalue weighted by atomic mass is 10.2. The van der Waals surface area contributed by atoms with E-state index < -0.39 is 0 Å². The molecule has 0 radical (unpaired) electrons. The van der Waals surface area contributed by atoms with Gasteiger partial charge in [0, 0.05) is 17.5 Å². The van der Waals surface area contributed by atoms with E-state index in [2.05, 4.69) is 28.5 Å². The van der Waals surface area contributed by atoms with Crippen LogP contribution < -0.4 is 5.32 Å². The number of aromatic nitrogens is 2. The fraction of sp³-hybridized carbons (Fsp3) is 0.455. The fourth-order valence-corrected chi connectivity index (χ4v) is 2.12. The molecule has 4 nitrogen and oxygen atoms in total. The Kier molecular flexibility index (Phi) is 3.24. The minimum absolute atomic E-state index is 0.114. The molecule has 0 spiro atoms. The second-order valence-corrected chi connectivity index (χ2v) is 4.75.